The second-order valence-corrected chi connectivity index (χ2v) is 6.02. The average Bonchev–Trinajstić information content (AvgIpc) is 3.29. The Hall–Kier alpha value is -2.88. The van der Waals surface area contributed by atoms with E-state index < -0.39 is 12.0 Å². The van der Waals surface area contributed by atoms with Crippen LogP contribution in [0, 0.1) is 0 Å². The molecule has 3 heterocycles. The molecule has 0 aliphatic heterocycles. The smallest absolute Gasteiger partial charge is 0.453 e. The number of hydrogen-bond acceptors (Lipinski definition) is 6. The zero-order chi connectivity index (χ0) is 20.1. The largest absolute Gasteiger partial charge is 0.478 e. The van der Waals surface area contributed by atoms with E-state index in [0.29, 0.717) is 31.7 Å². The Morgan fingerprint density at radius 2 is 2.18 bits per heavy atom. The van der Waals surface area contributed by atoms with E-state index in [1.807, 2.05) is 17.0 Å². The van der Waals surface area contributed by atoms with Crippen molar-refractivity contribution in [3.8, 4) is 5.88 Å². The van der Waals surface area contributed by atoms with Crippen molar-refractivity contribution in [1.29, 1.82) is 0 Å². The molecule has 3 aromatic rings. The second kappa shape index (κ2) is 8.42. The van der Waals surface area contributed by atoms with E-state index in [9.17, 15) is 13.2 Å². The summed E-state index contributed by atoms with van der Waals surface area (Å²) in [6.45, 7) is 7.39. The van der Waals surface area contributed by atoms with E-state index in [1.165, 1.54) is 0 Å². The Labute approximate surface area is 159 Å². The lowest BCUT2D eigenvalue weighted by Crippen LogP contribution is -2.26. The van der Waals surface area contributed by atoms with Crippen molar-refractivity contribution in [3.63, 3.8) is 0 Å². The molecule has 0 saturated heterocycles. The van der Waals surface area contributed by atoms with Crippen LogP contribution in [0.15, 0.2) is 41.5 Å². The van der Waals surface area contributed by atoms with Crippen LogP contribution in [0.1, 0.15) is 24.2 Å². The van der Waals surface area contributed by atoms with Crippen molar-refractivity contribution in [1.82, 2.24) is 24.5 Å². The Bertz CT molecular complexity index is 921. The average molecular weight is 395 g/mol. The van der Waals surface area contributed by atoms with E-state index in [2.05, 4.69) is 21.6 Å². The maximum absolute atomic E-state index is 13.0. The van der Waals surface area contributed by atoms with Gasteiger partial charge in [0.1, 0.15) is 5.76 Å². The van der Waals surface area contributed by atoms with Crippen molar-refractivity contribution in [2.45, 2.75) is 26.1 Å². The number of halogens is 3. The summed E-state index contributed by atoms with van der Waals surface area (Å²) in [6.07, 6.45) is -0.608. The summed E-state index contributed by atoms with van der Waals surface area (Å²) in [6, 6.07) is 5.29. The lowest BCUT2D eigenvalue weighted by molar-refractivity contribution is -0.144. The molecule has 150 valence electrons. The van der Waals surface area contributed by atoms with Gasteiger partial charge in [0.05, 0.1) is 18.6 Å². The highest BCUT2D eigenvalue weighted by Crippen LogP contribution is 2.27. The zero-order valence-electron chi connectivity index (χ0n) is 15.3. The minimum atomic E-state index is -4.66. The number of furan rings is 1. The van der Waals surface area contributed by atoms with Crippen molar-refractivity contribution >= 4 is 5.78 Å². The molecule has 0 aliphatic rings. The summed E-state index contributed by atoms with van der Waals surface area (Å²) in [5.74, 6) is -0.397. The third-order valence-electron chi connectivity index (χ3n) is 3.91. The normalized spacial score (nSPS) is 12.0. The van der Waals surface area contributed by atoms with Crippen LogP contribution >= 0.6 is 0 Å². The predicted molar refractivity (Wildman–Crippen MR) is 94.8 cm³/mol. The minimum Gasteiger partial charge on any atom is -0.478 e. The first kappa shape index (κ1) is 19.9. The molecule has 0 N–H and O–H groups in total. The predicted octanol–water partition coefficient (Wildman–Crippen LogP) is 3.37. The topological polar surface area (TPSA) is 68.7 Å². The molecule has 3 aromatic heterocycles. The van der Waals surface area contributed by atoms with E-state index in [-0.39, 0.29) is 18.3 Å². The van der Waals surface area contributed by atoms with Crippen LogP contribution < -0.4 is 4.74 Å². The van der Waals surface area contributed by atoms with Gasteiger partial charge in [-0.3, -0.25) is 4.90 Å². The van der Waals surface area contributed by atoms with Gasteiger partial charge in [0, 0.05) is 32.1 Å². The third kappa shape index (κ3) is 4.69. The summed E-state index contributed by atoms with van der Waals surface area (Å²) in [7, 11) is 0. The molecule has 0 saturated carbocycles. The molecule has 28 heavy (non-hydrogen) atoms. The van der Waals surface area contributed by atoms with Crippen molar-refractivity contribution in [2.24, 2.45) is 0 Å². The molecule has 0 radical (unpaired) electrons. The van der Waals surface area contributed by atoms with Crippen LogP contribution in [0.3, 0.4) is 0 Å². The molecule has 0 spiro atoms. The fraction of sp³-hybridized carbons (Fsp3) is 0.389. The molecule has 3 rings (SSSR count). The number of fused-ring (bicyclic) bond motifs is 1. The highest BCUT2D eigenvalue weighted by Gasteiger charge is 2.37. The van der Waals surface area contributed by atoms with Gasteiger partial charge in [0.25, 0.3) is 11.6 Å². The van der Waals surface area contributed by atoms with Crippen LogP contribution in [0.4, 0.5) is 13.2 Å². The monoisotopic (exact) mass is 395 g/mol. The van der Waals surface area contributed by atoms with Crippen LogP contribution in [0.5, 0.6) is 5.88 Å². The number of rotatable bonds is 9. The van der Waals surface area contributed by atoms with Gasteiger partial charge < -0.3 is 9.15 Å². The summed E-state index contributed by atoms with van der Waals surface area (Å²) in [5, 5.41) is 3.48. The van der Waals surface area contributed by atoms with Crippen molar-refractivity contribution in [2.75, 3.05) is 19.7 Å². The third-order valence-corrected chi connectivity index (χ3v) is 3.91. The highest BCUT2D eigenvalue weighted by molar-refractivity contribution is 5.35. The highest BCUT2D eigenvalue weighted by atomic mass is 19.4. The Morgan fingerprint density at radius 1 is 1.36 bits per heavy atom. The molecule has 0 amide bonds. The van der Waals surface area contributed by atoms with Crippen molar-refractivity contribution < 1.29 is 22.3 Å². The molecule has 0 aromatic carbocycles. The SMILES string of the molecule is C=CCN(CCc1ccco1)Cc1cc(OCC)n2nc(C(F)(F)F)nc2n1. The lowest BCUT2D eigenvalue weighted by atomic mass is 10.2. The molecule has 0 fully saturated rings. The van der Waals surface area contributed by atoms with E-state index in [0.717, 1.165) is 10.3 Å². The minimum absolute atomic E-state index is 0.155. The Kier molecular flexibility index (Phi) is 5.98. The van der Waals surface area contributed by atoms with Crippen LogP contribution in [-0.4, -0.2) is 44.2 Å². The number of aromatic nitrogens is 4. The molecule has 10 heteroatoms. The van der Waals surface area contributed by atoms with Crippen LogP contribution in [0.25, 0.3) is 5.78 Å². The second-order valence-electron chi connectivity index (χ2n) is 6.02. The van der Waals surface area contributed by atoms with Gasteiger partial charge in [-0.2, -0.15) is 22.7 Å². The fourth-order valence-corrected chi connectivity index (χ4v) is 2.71. The summed E-state index contributed by atoms with van der Waals surface area (Å²) < 4.78 is 50.6. The number of ether oxygens (including phenoxy) is 1. The maximum Gasteiger partial charge on any atom is 0.453 e. The Morgan fingerprint density at radius 3 is 2.82 bits per heavy atom. The molecular formula is C18H20F3N5O2. The quantitative estimate of drug-likeness (QED) is 0.518. The standard InChI is InChI=1S/C18H20F3N5O2/c1-3-8-25(9-7-14-6-5-10-28-14)12-13-11-15(27-4-2)26-17(22-13)23-16(24-26)18(19,20)21/h3,5-6,10-11H,1,4,7-9,12H2,2H3. The molecule has 7 nitrogen and oxygen atoms in total. The molecule has 0 unspecified atom stereocenters. The van der Waals surface area contributed by atoms with Gasteiger partial charge >= 0.3 is 6.18 Å². The van der Waals surface area contributed by atoms with E-state index in [1.54, 1.807) is 25.3 Å². The maximum atomic E-state index is 13.0. The number of nitrogens with zero attached hydrogens (tertiary/aromatic N) is 5. The summed E-state index contributed by atoms with van der Waals surface area (Å²) in [4.78, 5) is 9.79. The summed E-state index contributed by atoms with van der Waals surface area (Å²) >= 11 is 0. The first-order valence-electron chi connectivity index (χ1n) is 8.73. The zero-order valence-corrected chi connectivity index (χ0v) is 15.3. The van der Waals surface area contributed by atoms with Gasteiger partial charge in [-0.15, -0.1) is 11.7 Å². The molecule has 0 atom stereocenters. The first-order valence-corrected chi connectivity index (χ1v) is 8.73. The summed E-state index contributed by atoms with van der Waals surface area (Å²) in [5.41, 5.74) is 0.526. The molecule has 0 aliphatic carbocycles. The van der Waals surface area contributed by atoms with Gasteiger partial charge in [0.2, 0.25) is 5.88 Å². The van der Waals surface area contributed by atoms with Crippen LogP contribution in [-0.2, 0) is 19.1 Å². The number of alkyl halides is 3. The first-order chi connectivity index (χ1) is 13.4. The number of hydrogen-bond donors (Lipinski definition) is 0. The van der Waals surface area contributed by atoms with Crippen LogP contribution in [0.2, 0.25) is 0 Å². The van der Waals surface area contributed by atoms with Gasteiger partial charge in [-0.05, 0) is 19.1 Å². The van der Waals surface area contributed by atoms with E-state index in [4.69, 9.17) is 9.15 Å². The van der Waals surface area contributed by atoms with Crippen molar-refractivity contribution in [3.05, 3.63) is 54.4 Å². The van der Waals surface area contributed by atoms with Gasteiger partial charge in [-0.1, -0.05) is 6.08 Å². The lowest BCUT2D eigenvalue weighted by Gasteiger charge is -2.20. The van der Waals surface area contributed by atoms with Gasteiger partial charge in [0.15, 0.2) is 0 Å². The van der Waals surface area contributed by atoms with E-state index >= 15 is 0 Å². The van der Waals surface area contributed by atoms with Gasteiger partial charge in [-0.25, -0.2) is 4.98 Å². The molecular weight excluding hydrogens is 375 g/mol. The molecule has 0 bridgehead atoms. The Balaban J connectivity index is 1.86. The fourth-order valence-electron chi connectivity index (χ4n) is 2.71.